The molecule has 100 valence electrons. The van der Waals surface area contributed by atoms with E-state index in [0.29, 0.717) is 0 Å². The van der Waals surface area contributed by atoms with E-state index in [0.717, 1.165) is 31.0 Å². The number of hydrogen-bond donors (Lipinski definition) is 1. The van der Waals surface area contributed by atoms with Crippen molar-refractivity contribution >= 4 is 28.3 Å². The fourth-order valence-corrected chi connectivity index (χ4v) is 2.27. The van der Waals surface area contributed by atoms with E-state index in [1.165, 1.54) is 9.13 Å². The van der Waals surface area contributed by atoms with E-state index < -0.39 is 0 Å². The lowest BCUT2D eigenvalue weighted by atomic mass is 10.2. The molecule has 0 aliphatic rings. The van der Waals surface area contributed by atoms with Crippen molar-refractivity contribution in [3.63, 3.8) is 0 Å². The van der Waals surface area contributed by atoms with E-state index in [9.17, 15) is 0 Å². The Bertz CT molecular complexity index is 510. The topological polar surface area (TPSA) is 21.3 Å². The molecule has 0 heterocycles. The summed E-state index contributed by atoms with van der Waals surface area (Å²) in [5.41, 5.74) is 2.40. The zero-order valence-corrected chi connectivity index (χ0v) is 13.2. The van der Waals surface area contributed by atoms with Crippen LogP contribution in [0.25, 0.3) is 0 Å². The van der Waals surface area contributed by atoms with Crippen molar-refractivity contribution in [2.75, 3.05) is 11.9 Å². The summed E-state index contributed by atoms with van der Waals surface area (Å²) in [7, 11) is 0. The molecule has 0 saturated heterocycles. The minimum Gasteiger partial charge on any atom is -0.494 e. The fourth-order valence-electron chi connectivity index (χ4n) is 1.73. The molecular formula is C16H18INO. The van der Waals surface area contributed by atoms with Crippen LogP contribution in [0.4, 0.5) is 5.69 Å². The second-order valence-corrected chi connectivity index (χ2v) is 5.60. The average molecular weight is 367 g/mol. The molecule has 0 spiro atoms. The van der Waals surface area contributed by atoms with Gasteiger partial charge in [0, 0.05) is 15.8 Å². The Kier molecular flexibility index (Phi) is 5.51. The average Bonchev–Trinajstić information content (AvgIpc) is 2.44. The van der Waals surface area contributed by atoms with Crippen molar-refractivity contribution in [2.24, 2.45) is 0 Å². The molecule has 2 rings (SSSR count). The molecule has 0 atom stereocenters. The number of halogens is 1. The van der Waals surface area contributed by atoms with Gasteiger partial charge >= 0.3 is 0 Å². The molecule has 0 fully saturated rings. The van der Waals surface area contributed by atoms with E-state index >= 15 is 0 Å². The van der Waals surface area contributed by atoms with Crippen molar-refractivity contribution in [1.82, 2.24) is 0 Å². The minimum atomic E-state index is 0.778. The SMILES string of the molecule is CCCOc1ccc(CNc2cccc(I)c2)cc1. The molecule has 2 nitrogen and oxygen atoms in total. The van der Waals surface area contributed by atoms with Gasteiger partial charge in [-0.25, -0.2) is 0 Å². The van der Waals surface area contributed by atoms with Crippen LogP contribution in [0, 0.1) is 3.57 Å². The van der Waals surface area contributed by atoms with Gasteiger partial charge in [-0.1, -0.05) is 25.1 Å². The summed E-state index contributed by atoms with van der Waals surface area (Å²) in [5, 5.41) is 3.42. The Labute approximate surface area is 128 Å². The smallest absolute Gasteiger partial charge is 0.119 e. The van der Waals surface area contributed by atoms with E-state index in [2.05, 4.69) is 71.2 Å². The number of ether oxygens (including phenoxy) is 1. The maximum atomic E-state index is 5.57. The van der Waals surface area contributed by atoms with Crippen molar-refractivity contribution in [2.45, 2.75) is 19.9 Å². The van der Waals surface area contributed by atoms with Crippen LogP contribution in [-0.4, -0.2) is 6.61 Å². The predicted molar refractivity (Wildman–Crippen MR) is 88.7 cm³/mol. The highest BCUT2D eigenvalue weighted by Gasteiger charge is 1.97. The van der Waals surface area contributed by atoms with E-state index in [4.69, 9.17) is 4.74 Å². The number of anilines is 1. The zero-order chi connectivity index (χ0) is 13.5. The monoisotopic (exact) mass is 367 g/mol. The number of hydrogen-bond acceptors (Lipinski definition) is 2. The molecular weight excluding hydrogens is 349 g/mol. The molecule has 0 bridgehead atoms. The normalized spacial score (nSPS) is 10.2. The Morgan fingerprint density at radius 3 is 2.58 bits per heavy atom. The summed E-state index contributed by atoms with van der Waals surface area (Å²) in [6, 6.07) is 16.6. The third kappa shape index (κ3) is 4.74. The fraction of sp³-hybridized carbons (Fsp3) is 0.250. The van der Waals surface area contributed by atoms with Gasteiger partial charge in [0.15, 0.2) is 0 Å². The van der Waals surface area contributed by atoms with Crippen molar-refractivity contribution in [3.05, 3.63) is 57.7 Å². The Morgan fingerprint density at radius 1 is 1.11 bits per heavy atom. The largest absolute Gasteiger partial charge is 0.494 e. The first kappa shape index (κ1) is 14.2. The van der Waals surface area contributed by atoms with Crippen LogP contribution in [-0.2, 0) is 6.54 Å². The van der Waals surface area contributed by atoms with Crippen LogP contribution < -0.4 is 10.1 Å². The zero-order valence-electron chi connectivity index (χ0n) is 11.0. The van der Waals surface area contributed by atoms with Gasteiger partial charge in [0.2, 0.25) is 0 Å². The molecule has 2 aromatic carbocycles. The quantitative estimate of drug-likeness (QED) is 0.748. The van der Waals surface area contributed by atoms with Crippen LogP contribution >= 0.6 is 22.6 Å². The maximum Gasteiger partial charge on any atom is 0.119 e. The van der Waals surface area contributed by atoms with Crippen LogP contribution in [0.1, 0.15) is 18.9 Å². The summed E-state index contributed by atoms with van der Waals surface area (Å²) in [4.78, 5) is 0. The van der Waals surface area contributed by atoms with Crippen LogP contribution in [0.15, 0.2) is 48.5 Å². The lowest BCUT2D eigenvalue weighted by Crippen LogP contribution is -2.00. The second-order valence-electron chi connectivity index (χ2n) is 4.36. The first-order chi connectivity index (χ1) is 9.28. The summed E-state index contributed by atoms with van der Waals surface area (Å²) in [6.45, 7) is 3.72. The van der Waals surface area contributed by atoms with Gasteiger partial charge in [0.25, 0.3) is 0 Å². The van der Waals surface area contributed by atoms with Gasteiger partial charge in [0.1, 0.15) is 5.75 Å². The number of rotatable bonds is 6. The molecule has 0 aliphatic heterocycles. The lowest BCUT2D eigenvalue weighted by molar-refractivity contribution is 0.317. The Morgan fingerprint density at radius 2 is 1.89 bits per heavy atom. The second kappa shape index (κ2) is 7.38. The van der Waals surface area contributed by atoms with Crippen LogP contribution in [0.2, 0.25) is 0 Å². The van der Waals surface area contributed by atoms with Crippen molar-refractivity contribution < 1.29 is 4.74 Å². The maximum absolute atomic E-state index is 5.57. The first-order valence-electron chi connectivity index (χ1n) is 6.49. The van der Waals surface area contributed by atoms with E-state index in [1.807, 2.05) is 12.1 Å². The molecule has 19 heavy (non-hydrogen) atoms. The van der Waals surface area contributed by atoms with Crippen LogP contribution in [0.3, 0.4) is 0 Å². The highest BCUT2D eigenvalue weighted by atomic mass is 127. The first-order valence-corrected chi connectivity index (χ1v) is 7.57. The third-order valence-electron chi connectivity index (χ3n) is 2.72. The molecule has 2 aromatic rings. The van der Waals surface area contributed by atoms with Gasteiger partial charge in [-0.15, -0.1) is 0 Å². The summed E-state index contributed by atoms with van der Waals surface area (Å²) < 4.78 is 6.81. The molecule has 0 unspecified atom stereocenters. The van der Waals surface area contributed by atoms with Gasteiger partial charge in [0.05, 0.1) is 6.61 Å². The predicted octanol–water partition coefficient (Wildman–Crippen LogP) is 4.69. The summed E-state index contributed by atoms with van der Waals surface area (Å²) >= 11 is 2.32. The standard InChI is InChI=1S/C16H18INO/c1-2-10-19-16-8-6-13(7-9-16)12-18-15-5-3-4-14(17)11-15/h3-9,11,18H,2,10,12H2,1H3. The van der Waals surface area contributed by atoms with Crippen molar-refractivity contribution in [1.29, 1.82) is 0 Å². The number of nitrogens with one attached hydrogen (secondary N) is 1. The van der Waals surface area contributed by atoms with Crippen LogP contribution in [0.5, 0.6) is 5.75 Å². The molecule has 0 aliphatic carbocycles. The molecule has 3 heteroatoms. The Hall–Kier alpha value is -1.23. The molecule has 0 aromatic heterocycles. The van der Waals surface area contributed by atoms with Gasteiger partial charge in [-0.3, -0.25) is 0 Å². The summed E-state index contributed by atoms with van der Waals surface area (Å²) in [6.07, 6.45) is 1.04. The van der Waals surface area contributed by atoms with Gasteiger partial charge in [-0.05, 0) is 64.9 Å². The van der Waals surface area contributed by atoms with E-state index in [1.54, 1.807) is 0 Å². The van der Waals surface area contributed by atoms with Gasteiger partial charge < -0.3 is 10.1 Å². The van der Waals surface area contributed by atoms with Gasteiger partial charge in [-0.2, -0.15) is 0 Å². The minimum absolute atomic E-state index is 0.778. The number of benzene rings is 2. The summed E-state index contributed by atoms with van der Waals surface area (Å²) in [5.74, 6) is 0.944. The highest BCUT2D eigenvalue weighted by Crippen LogP contribution is 2.16. The molecule has 0 saturated carbocycles. The van der Waals surface area contributed by atoms with Crippen molar-refractivity contribution in [3.8, 4) is 5.75 Å². The molecule has 0 radical (unpaired) electrons. The Balaban J connectivity index is 1.89. The molecule has 1 N–H and O–H groups in total. The molecule has 0 amide bonds. The lowest BCUT2D eigenvalue weighted by Gasteiger charge is -2.08. The van der Waals surface area contributed by atoms with E-state index in [-0.39, 0.29) is 0 Å². The third-order valence-corrected chi connectivity index (χ3v) is 3.39. The highest BCUT2D eigenvalue weighted by molar-refractivity contribution is 14.1.